The maximum Gasteiger partial charge on any atom is 0.323 e. The van der Waals surface area contributed by atoms with Crippen LogP contribution in [0.4, 0.5) is 27.5 Å². The highest BCUT2D eigenvalue weighted by Gasteiger charge is 2.24. The van der Waals surface area contributed by atoms with Gasteiger partial charge in [0.25, 0.3) is 5.91 Å². The van der Waals surface area contributed by atoms with Gasteiger partial charge in [0.1, 0.15) is 4.88 Å². The number of urea groups is 1. The van der Waals surface area contributed by atoms with E-state index in [4.69, 9.17) is 0 Å². The van der Waals surface area contributed by atoms with Crippen molar-refractivity contribution in [2.45, 2.75) is 26.2 Å². The van der Waals surface area contributed by atoms with E-state index in [2.05, 4.69) is 46.6 Å². The van der Waals surface area contributed by atoms with E-state index in [1.807, 2.05) is 61.6 Å². The number of nitrogens with zero attached hydrogens (tertiary/aromatic N) is 2. The van der Waals surface area contributed by atoms with E-state index in [-0.39, 0.29) is 11.3 Å². The Morgan fingerprint density at radius 2 is 1.57 bits per heavy atom. The molecule has 4 aromatic rings. The van der Waals surface area contributed by atoms with Gasteiger partial charge in [0.15, 0.2) is 0 Å². The summed E-state index contributed by atoms with van der Waals surface area (Å²) in [5.41, 5.74) is 3.05. The van der Waals surface area contributed by atoms with Crippen LogP contribution in [0.5, 0.6) is 0 Å². The first-order chi connectivity index (χ1) is 16.7. The molecule has 0 bridgehead atoms. The van der Waals surface area contributed by atoms with Crippen LogP contribution >= 0.6 is 11.3 Å². The maximum atomic E-state index is 13.0. The number of thiophene rings is 1. The molecule has 0 saturated carbocycles. The van der Waals surface area contributed by atoms with Gasteiger partial charge in [-0.1, -0.05) is 45.0 Å². The van der Waals surface area contributed by atoms with Crippen LogP contribution in [-0.4, -0.2) is 31.0 Å². The highest BCUT2D eigenvalue weighted by atomic mass is 32.1. The van der Waals surface area contributed by atoms with Crippen LogP contribution in [0.2, 0.25) is 0 Å². The fourth-order valence-corrected chi connectivity index (χ4v) is 4.92. The van der Waals surface area contributed by atoms with Crippen molar-refractivity contribution in [1.29, 1.82) is 0 Å². The van der Waals surface area contributed by atoms with Crippen molar-refractivity contribution in [3.05, 3.63) is 76.7 Å². The number of rotatable bonds is 5. The second-order valence-corrected chi connectivity index (χ2v) is 10.3. The van der Waals surface area contributed by atoms with E-state index < -0.39 is 6.03 Å². The molecule has 0 aliphatic rings. The minimum absolute atomic E-state index is 0.142. The van der Waals surface area contributed by atoms with Gasteiger partial charge >= 0.3 is 6.03 Å². The summed E-state index contributed by atoms with van der Waals surface area (Å²) >= 11 is 1.39. The van der Waals surface area contributed by atoms with Crippen LogP contribution in [0.15, 0.2) is 67.0 Å². The predicted octanol–water partition coefficient (Wildman–Crippen LogP) is 6.37. The number of fused-ring (bicyclic) bond motifs is 1. The molecule has 2 heterocycles. The van der Waals surface area contributed by atoms with Crippen LogP contribution in [-0.2, 0) is 5.41 Å². The number of pyridine rings is 1. The number of benzene rings is 2. The lowest BCUT2D eigenvalue weighted by Crippen LogP contribution is -2.23. The first kappa shape index (κ1) is 24.2. The Hall–Kier alpha value is -3.91. The summed E-state index contributed by atoms with van der Waals surface area (Å²) in [6.07, 6.45) is 3.52. The number of hydrogen-bond donors (Lipinski definition) is 3. The minimum atomic E-state index is -0.409. The number of nitrogens with one attached hydrogen (secondary N) is 3. The largest absolute Gasteiger partial charge is 0.354 e. The van der Waals surface area contributed by atoms with Crippen molar-refractivity contribution in [2.24, 2.45) is 0 Å². The lowest BCUT2D eigenvalue weighted by atomic mass is 9.94. The summed E-state index contributed by atoms with van der Waals surface area (Å²) in [5, 5.41) is 10.4. The third-order valence-electron chi connectivity index (χ3n) is 5.71. The van der Waals surface area contributed by atoms with Crippen molar-refractivity contribution >= 4 is 56.8 Å². The molecular formula is C27H29N5O2S. The van der Waals surface area contributed by atoms with Gasteiger partial charge in [-0.05, 0) is 35.7 Å². The fraction of sp³-hybridized carbons (Fsp3) is 0.222. The average Bonchev–Trinajstić information content (AvgIpc) is 3.28. The van der Waals surface area contributed by atoms with E-state index in [0.717, 1.165) is 27.0 Å². The zero-order valence-corrected chi connectivity index (χ0v) is 21.3. The molecule has 35 heavy (non-hydrogen) atoms. The molecule has 0 spiro atoms. The molecule has 4 rings (SSSR count). The van der Waals surface area contributed by atoms with Crippen molar-refractivity contribution in [2.75, 3.05) is 29.6 Å². The summed E-state index contributed by atoms with van der Waals surface area (Å²) in [7, 11) is 3.58. The number of amides is 3. The standard InChI is InChI=1S/C27H29N5O2S/c1-27(2,3)23-16-21(24(35-23)25(33)28-4)31-26(34)30-20-10-11-22(19-9-7-6-8-18(19)20)32(5)17-12-14-29-15-13-17/h6-16H,1-5H3,(H,28,33)(H2,30,31,34). The molecule has 0 atom stereocenters. The number of anilines is 4. The molecule has 0 unspecified atom stereocenters. The zero-order valence-electron chi connectivity index (χ0n) is 20.5. The Labute approximate surface area is 209 Å². The molecule has 0 radical (unpaired) electrons. The van der Waals surface area contributed by atoms with Crippen molar-refractivity contribution in [1.82, 2.24) is 10.3 Å². The van der Waals surface area contributed by atoms with E-state index >= 15 is 0 Å². The fourth-order valence-electron chi connectivity index (χ4n) is 3.80. The van der Waals surface area contributed by atoms with E-state index in [1.54, 1.807) is 19.4 Å². The molecular weight excluding hydrogens is 458 g/mol. The molecule has 0 aliphatic carbocycles. The SMILES string of the molecule is CNC(=O)c1sc(C(C)(C)C)cc1NC(=O)Nc1ccc(N(C)c2ccncc2)c2ccccc12. The second kappa shape index (κ2) is 9.76. The molecule has 0 aliphatic heterocycles. The Kier molecular flexibility index (Phi) is 6.75. The van der Waals surface area contributed by atoms with E-state index in [9.17, 15) is 9.59 Å². The van der Waals surface area contributed by atoms with Gasteiger partial charge in [0.05, 0.1) is 11.4 Å². The second-order valence-electron chi connectivity index (χ2n) is 9.20. The smallest absolute Gasteiger partial charge is 0.323 e. The lowest BCUT2D eigenvalue weighted by molar-refractivity contribution is 0.0968. The highest BCUT2D eigenvalue weighted by molar-refractivity contribution is 7.14. The highest BCUT2D eigenvalue weighted by Crippen LogP contribution is 2.37. The Bertz CT molecular complexity index is 1380. The van der Waals surface area contributed by atoms with Crippen molar-refractivity contribution in [3.8, 4) is 0 Å². The Morgan fingerprint density at radius 3 is 2.23 bits per heavy atom. The average molecular weight is 488 g/mol. The molecule has 3 amide bonds. The van der Waals surface area contributed by atoms with Gasteiger partial charge in [-0.3, -0.25) is 9.78 Å². The Morgan fingerprint density at radius 1 is 0.914 bits per heavy atom. The third-order valence-corrected chi connectivity index (χ3v) is 7.27. The molecule has 0 saturated heterocycles. The third kappa shape index (κ3) is 5.12. The van der Waals surface area contributed by atoms with Crippen LogP contribution in [0, 0.1) is 0 Å². The molecule has 3 N–H and O–H groups in total. The number of carbonyl (C=O) groups excluding carboxylic acids is 2. The van der Waals surface area contributed by atoms with Crippen LogP contribution in [0.1, 0.15) is 35.3 Å². The first-order valence-corrected chi connectivity index (χ1v) is 12.1. The van der Waals surface area contributed by atoms with Crippen LogP contribution < -0.4 is 20.9 Å². The van der Waals surface area contributed by atoms with E-state index in [0.29, 0.717) is 16.3 Å². The van der Waals surface area contributed by atoms with Crippen LogP contribution in [0.25, 0.3) is 10.8 Å². The van der Waals surface area contributed by atoms with Gasteiger partial charge < -0.3 is 20.9 Å². The summed E-state index contributed by atoms with van der Waals surface area (Å²) in [5.74, 6) is -0.227. The number of aromatic nitrogens is 1. The van der Waals surface area contributed by atoms with Gasteiger partial charge in [-0.15, -0.1) is 11.3 Å². The number of hydrogen-bond acceptors (Lipinski definition) is 5. The molecule has 2 aromatic heterocycles. The first-order valence-electron chi connectivity index (χ1n) is 11.3. The molecule has 2 aromatic carbocycles. The van der Waals surface area contributed by atoms with Crippen molar-refractivity contribution in [3.63, 3.8) is 0 Å². The van der Waals surface area contributed by atoms with Gasteiger partial charge in [-0.25, -0.2) is 4.79 Å². The van der Waals surface area contributed by atoms with Gasteiger partial charge in [0, 0.05) is 53.5 Å². The van der Waals surface area contributed by atoms with E-state index in [1.165, 1.54) is 11.3 Å². The molecule has 7 nitrogen and oxygen atoms in total. The monoisotopic (exact) mass is 487 g/mol. The lowest BCUT2D eigenvalue weighted by Gasteiger charge is -2.22. The van der Waals surface area contributed by atoms with Gasteiger partial charge in [-0.2, -0.15) is 0 Å². The summed E-state index contributed by atoms with van der Waals surface area (Å²) in [6.45, 7) is 6.23. The topological polar surface area (TPSA) is 86.4 Å². The molecule has 0 fully saturated rings. The molecule has 8 heteroatoms. The summed E-state index contributed by atoms with van der Waals surface area (Å²) < 4.78 is 0. The number of carbonyl (C=O) groups is 2. The Balaban J connectivity index is 1.63. The normalized spacial score (nSPS) is 11.2. The molecule has 180 valence electrons. The minimum Gasteiger partial charge on any atom is -0.354 e. The summed E-state index contributed by atoms with van der Waals surface area (Å²) in [6, 6.07) is 17.2. The quantitative estimate of drug-likeness (QED) is 0.305. The maximum absolute atomic E-state index is 13.0. The van der Waals surface area contributed by atoms with Gasteiger partial charge in [0.2, 0.25) is 0 Å². The van der Waals surface area contributed by atoms with Crippen molar-refractivity contribution < 1.29 is 9.59 Å². The summed E-state index contributed by atoms with van der Waals surface area (Å²) in [4.78, 5) is 33.1. The van der Waals surface area contributed by atoms with Crippen LogP contribution in [0.3, 0.4) is 0 Å². The predicted molar refractivity (Wildman–Crippen MR) is 145 cm³/mol. The zero-order chi connectivity index (χ0) is 25.2.